The van der Waals surface area contributed by atoms with Crippen LogP contribution >= 0.6 is 0 Å². The van der Waals surface area contributed by atoms with Crippen molar-refractivity contribution in [2.75, 3.05) is 0 Å². The van der Waals surface area contributed by atoms with Gasteiger partial charge in [-0.25, -0.2) is 0 Å². The van der Waals surface area contributed by atoms with Crippen molar-refractivity contribution in [1.29, 1.82) is 0 Å². The van der Waals surface area contributed by atoms with Crippen LogP contribution in [0.1, 0.15) is 44.5 Å². The lowest BCUT2D eigenvalue weighted by Gasteiger charge is -2.18. The van der Waals surface area contributed by atoms with Crippen LogP contribution in [0.3, 0.4) is 0 Å². The predicted octanol–water partition coefficient (Wildman–Crippen LogP) is 12.9. The summed E-state index contributed by atoms with van der Waals surface area (Å²) in [4.78, 5) is 8.39. The zero-order chi connectivity index (χ0) is 35.1. The molecular formula is C48H44N2. The number of nitrogens with zero attached hydrogens (tertiary/aromatic N) is 2. The van der Waals surface area contributed by atoms with Crippen molar-refractivity contribution < 1.29 is 0 Å². The minimum atomic E-state index is 1.21. The Morgan fingerprint density at radius 2 is 0.420 bits per heavy atom. The standard InChI is InChI=1S/C48H44N2/c1-29-25-45(47-27-31(3)43(23-35(47)7)39-13-17-49-18-14-39)33(5)21-41(29)37-9-11-38(12-10-37)42-22-34(6)46(26-30(42)2)48-28-32(4)44(24-36(48)8)40-15-19-50-20-16-40/h9-28H,1-8H3. The van der Waals surface area contributed by atoms with Crippen LogP contribution in [0.25, 0.3) is 66.8 Å². The summed E-state index contributed by atoms with van der Waals surface area (Å²) in [6.07, 6.45) is 7.45. The van der Waals surface area contributed by atoms with Gasteiger partial charge in [0.15, 0.2) is 0 Å². The average Bonchev–Trinajstić information content (AvgIpc) is 3.12. The molecule has 0 aliphatic rings. The molecule has 7 rings (SSSR count). The Labute approximate surface area is 297 Å². The number of hydrogen-bond donors (Lipinski definition) is 0. The van der Waals surface area contributed by atoms with Gasteiger partial charge in [0, 0.05) is 24.8 Å². The molecule has 0 radical (unpaired) electrons. The second-order valence-electron chi connectivity index (χ2n) is 14.0. The van der Waals surface area contributed by atoms with Crippen LogP contribution in [0.15, 0.2) is 122 Å². The van der Waals surface area contributed by atoms with E-state index in [1.54, 1.807) is 0 Å². The number of pyridine rings is 2. The van der Waals surface area contributed by atoms with Gasteiger partial charge >= 0.3 is 0 Å². The van der Waals surface area contributed by atoms with E-state index in [2.05, 4.69) is 162 Å². The molecule has 0 saturated carbocycles. The Kier molecular flexibility index (Phi) is 8.80. The summed E-state index contributed by atoms with van der Waals surface area (Å²) in [7, 11) is 0. The number of aryl methyl sites for hydroxylation is 8. The molecule has 2 nitrogen and oxygen atoms in total. The molecule has 7 aromatic rings. The maximum Gasteiger partial charge on any atom is 0.0273 e. The first-order valence-electron chi connectivity index (χ1n) is 17.5. The van der Waals surface area contributed by atoms with Gasteiger partial charge in [0.1, 0.15) is 0 Å². The van der Waals surface area contributed by atoms with Gasteiger partial charge in [-0.15, -0.1) is 0 Å². The SMILES string of the molecule is Cc1cc(-c2cc(C)c(-c3ccc(-c4cc(C)c(-c5cc(C)c(-c6ccncc6)cc5C)cc4C)cc3)cc2C)c(C)cc1-c1ccncc1. The summed E-state index contributed by atoms with van der Waals surface area (Å²) < 4.78 is 0. The van der Waals surface area contributed by atoms with Crippen molar-refractivity contribution in [3.05, 3.63) is 166 Å². The molecule has 0 unspecified atom stereocenters. The molecule has 0 fully saturated rings. The third-order valence-electron chi connectivity index (χ3n) is 10.4. The van der Waals surface area contributed by atoms with Gasteiger partial charge in [0.2, 0.25) is 0 Å². The Balaban J connectivity index is 1.17. The second-order valence-corrected chi connectivity index (χ2v) is 14.0. The molecule has 0 saturated heterocycles. The highest BCUT2D eigenvalue weighted by Gasteiger charge is 2.16. The second kappa shape index (κ2) is 13.4. The third kappa shape index (κ3) is 6.18. The van der Waals surface area contributed by atoms with Crippen LogP contribution in [-0.2, 0) is 0 Å². The summed E-state index contributed by atoms with van der Waals surface area (Å²) in [6, 6.07) is 36.2. The number of rotatable bonds is 6. The summed E-state index contributed by atoms with van der Waals surface area (Å²) in [5, 5.41) is 0. The topological polar surface area (TPSA) is 25.8 Å². The monoisotopic (exact) mass is 648 g/mol. The van der Waals surface area contributed by atoms with Gasteiger partial charge in [-0.3, -0.25) is 9.97 Å². The fourth-order valence-corrected chi connectivity index (χ4v) is 7.56. The molecule has 50 heavy (non-hydrogen) atoms. The highest BCUT2D eigenvalue weighted by Crippen LogP contribution is 2.39. The van der Waals surface area contributed by atoms with Crippen LogP contribution in [0.5, 0.6) is 0 Å². The summed E-state index contributed by atoms with van der Waals surface area (Å²) >= 11 is 0. The van der Waals surface area contributed by atoms with Gasteiger partial charge in [-0.05, 0) is 191 Å². The van der Waals surface area contributed by atoms with Crippen LogP contribution in [0.2, 0.25) is 0 Å². The van der Waals surface area contributed by atoms with E-state index >= 15 is 0 Å². The molecule has 246 valence electrons. The molecule has 0 spiro atoms. The van der Waals surface area contributed by atoms with Crippen LogP contribution in [0, 0.1) is 55.4 Å². The number of hydrogen-bond acceptors (Lipinski definition) is 2. The molecule has 0 aliphatic heterocycles. The number of benzene rings is 5. The Morgan fingerprint density at radius 1 is 0.240 bits per heavy atom. The summed E-state index contributed by atoms with van der Waals surface area (Å²) in [5.74, 6) is 0. The molecule has 0 atom stereocenters. The summed E-state index contributed by atoms with van der Waals surface area (Å²) in [6.45, 7) is 17.8. The Morgan fingerprint density at radius 3 is 0.660 bits per heavy atom. The predicted molar refractivity (Wildman–Crippen MR) is 213 cm³/mol. The van der Waals surface area contributed by atoms with Gasteiger partial charge < -0.3 is 0 Å². The zero-order valence-corrected chi connectivity index (χ0v) is 30.4. The minimum absolute atomic E-state index is 1.21. The van der Waals surface area contributed by atoms with E-state index in [4.69, 9.17) is 0 Å². The molecule has 5 aromatic carbocycles. The fraction of sp³-hybridized carbons (Fsp3) is 0.167. The summed E-state index contributed by atoms with van der Waals surface area (Å²) in [5.41, 5.74) is 25.4. The normalized spacial score (nSPS) is 11.2. The molecule has 2 heterocycles. The van der Waals surface area contributed by atoms with E-state index < -0.39 is 0 Å². The fourth-order valence-electron chi connectivity index (χ4n) is 7.56. The number of aromatic nitrogens is 2. The molecule has 0 amide bonds. The van der Waals surface area contributed by atoms with E-state index in [1.165, 1.54) is 111 Å². The van der Waals surface area contributed by atoms with Crippen molar-refractivity contribution in [2.24, 2.45) is 0 Å². The van der Waals surface area contributed by atoms with Gasteiger partial charge in [-0.2, -0.15) is 0 Å². The zero-order valence-electron chi connectivity index (χ0n) is 30.4. The van der Waals surface area contributed by atoms with Crippen LogP contribution in [0.4, 0.5) is 0 Å². The van der Waals surface area contributed by atoms with E-state index in [0.29, 0.717) is 0 Å². The van der Waals surface area contributed by atoms with E-state index in [9.17, 15) is 0 Å². The van der Waals surface area contributed by atoms with E-state index in [0.717, 1.165) is 0 Å². The molecule has 2 aromatic heterocycles. The first-order valence-corrected chi connectivity index (χ1v) is 17.5. The lowest BCUT2D eigenvalue weighted by atomic mass is 9.86. The first kappa shape index (κ1) is 32.9. The Hall–Kier alpha value is -5.60. The van der Waals surface area contributed by atoms with Crippen molar-refractivity contribution >= 4 is 0 Å². The van der Waals surface area contributed by atoms with Gasteiger partial charge in [0.25, 0.3) is 0 Å². The Bertz CT molecular complexity index is 2200. The smallest absolute Gasteiger partial charge is 0.0273 e. The van der Waals surface area contributed by atoms with Crippen molar-refractivity contribution in [2.45, 2.75) is 55.4 Å². The quantitative estimate of drug-likeness (QED) is 0.179. The maximum atomic E-state index is 4.20. The van der Waals surface area contributed by atoms with Crippen molar-refractivity contribution in [3.8, 4) is 66.8 Å². The lowest BCUT2D eigenvalue weighted by Crippen LogP contribution is -1.95. The lowest BCUT2D eigenvalue weighted by molar-refractivity contribution is 1.31. The highest BCUT2D eigenvalue weighted by molar-refractivity contribution is 5.84. The van der Waals surface area contributed by atoms with Crippen LogP contribution < -0.4 is 0 Å². The molecule has 2 heteroatoms. The van der Waals surface area contributed by atoms with Crippen LogP contribution in [-0.4, -0.2) is 9.97 Å². The maximum absolute atomic E-state index is 4.20. The van der Waals surface area contributed by atoms with Crippen molar-refractivity contribution in [3.63, 3.8) is 0 Å². The first-order chi connectivity index (χ1) is 24.1. The highest BCUT2D eigenvalue weighted by atomic mass is 14.6. The average molecular weight is 649 g/mol. The molecule has 0 aliphatic carbocycles. The largest absolute Gasteiger partial charge is 0.265 e. The van der Waals surface area contributed by atoms with E-state index in [-0.39, 0.29) is 0 Å². The molecule has 0 N–H and O–H groups in total. The molecular weight excluding hydrogens is 605 g/mol. The van der Waals surface area contributed by atoms with Gasteiger partial charge in [0.05, 0.1) is 0 Å². The van der Waals surface area contributed by atoms with Gasteiger partial charge in [-0.1, -0.05) is 72.8 Å². The van der Waals surface area contributed by atoms with E-state index in [1.807, 2.05) is 24.8 Å². The third-order valence-corrected chi connectivity index (χ3v) is 10.4. The van der Waals surface area contributed by atoms with Crippen molar-refractivity contribution in [1.82, 2.24) is 9.97 Å². The molecule has 0 bridgehead atoms. The minimum Gasteiger partial charge on any atom is -0.265 e.